The van der Waals surface area contributed by atoms with Crippen LogP contribution < -0.4 is 0 Å². The van der Waals surface area contributed by atoms with Gasteiger partial charge in [0.1, 0.15) is 28.4 Å². The number of amides is 1. The van der Waals surface area contributed by atoms with Gasteiger partial charge in [-0.15, -0.1) is 11.3 Å². The third kappa shape index (κ3) is 4.27. The Kier molecular flexibility index (Phi) is 6.33. The summed E-state index contributed by atoms with van der Waals surface area (Å²) in [6.45, 7) is 0.00788. The van der Waals surface area contributed by atoms with Crippen LogP contribution in [0.25, 0.3) is 11.1 Å². The molecule has 1 spiro atoms. The van der Waals surface area contributed by atoms with E-state index in [0.717, 1.165) is 25.7 Å². The molecular formula is C28H27BrN2O5S. The first kappa shape index (κ1) is 24.6. The number of aliphatic carboxylic acids is 1. The molecule has 1 unspecified atom stereocenters. The average Bonchev–Trinajstić information content (AvgIpc) is 3.68. The molecule has 2 aromatic carbocycles. The van der Waals surface area contributed by atoms with Gasteiger partial charge in [0.2, 0.25) is 0 Å². The zero-order valence-corrected chi connectivity index (χ0v) is 22.6. The van der Waals surface area contributed by atoms with E-state index >= 15 is 0 Å². The molecule has 1 amide bonds. The standard InChI is InChI=1S/C28H27BrN2O5S/c29-23-15-37-25(30-23)28(36-14-24(32)33)16-27(11-5-6-12-27)31(17-28)26(34)35-13-22-20-9-3-1-7-18(20)19-8-2-4-10-21(19)22/h1-4,7-10,15,22H,5-6,11-14,16-17H2,(H,32,33). The van der Waals surface area contributed by atoms with Crippen molar-refractivity contribution in [3.8, 4) is 11.1 Å². The topological polar surface area (TPSA) is 89.0 Å². The van der Waals surface area contributed by atoms with Crippen molar-refractivity contribution >= 4 is 39.3 Å². The van der Waals surface area contributed by atoms with E-state index in [1.165, 1.54) is 33.6 Å². The summed E-state index contributed by atoms with van der Waals surface area (Å²) < 4.78 is 12.8. The summed E-state index contributed by atoms with van der Waals surface area (Å²) in [5.74, 6) is -1.07. The molecule has 9 heteroatoms. The lowest BCUT2D eigenvalue weighted by Crippen LogP contribution is -2.46. The molecule has 2 aliphatic carbocycles. The van der Waals surface area contributed by atoms with Gasteiger partial charge in [-0.3, -0.25) is 4.90 Å². The van der Waals surface area contributed by atoms with Crippen molar-refractivity contribution in [2.24, 2.45) is 0 Å². The maximum atomic E-state index is 13.8. The highest BCUT2D eigenvalue weighted by atomic mass is 79.9. The number of benzene rings is 2. The molecule has 0 bridgehead atoms. The van der Waals surface area contributed by atoms with E-state index in [1.807, 2.05) is 34.5 Å². The van der Waals surface area contributed by atoms with E-state index in [-0.39, 0.29) is 25.2 Å². The molecule has 192 valence electrons. The molecule has 37 heavy (non-hydrogen) atoms. The van der Waals surface area contributed by atoms with Crippen molar-refractivity contribution in [1.29, 1.82) is 0 Å². The van der Waals surface area contributed by atoms with Crippen LogP contribution in [-0.4, -0.2) is 52.4 Å². The van der Waals surface area contributed by atoms with E-state index < -0.39 is 23.7 Å². The van der Waals surface area contributed by atoms with Crippen molar-refractivity contribution in [2.45, 2.75) is 49.2 Å². The average molecular weight is 584 g/mol. The maximum absolute atomic E-state index is 13.8. The number of carbonyl (C=O) groups excluding carboxylic acids is 1. The van der Waals surface area contributed by atoms with Crippen molar-refractivity contribution < 1.29 is 24.2 Å². The minimum Gasteiger partial charge on any atom is -0.480 e. The number of carboxylic acids is 1. The van der Waals surface area contributed by atoms with Crippen molar-refractivity contribution in [3.63, 3.8) is 0 Å². The van der Waals surface area contributed by atoms with Gasteiger partial charge in [0.05, 0.1) is 6.54 Å². The van der Waals surface area contributed by atoms with Gasteiger partial charge in [0, 0.05) is 23.3 Å². The quantitative estimate of drug-likeness (QED) is 0.374. The highest BCUT2D eigenvalue weighted by Gasteiger charge is 2.59. The normalized spacial score (nSPS) is 21.8. The van der Waals surface area contributed by atoms with Gasteiger partial charge >= 0.3 is 12.1 Å². The van der Waals surface area contributed by atoms with Crippen LogP contribution in [0, 0.1) is 0 Å². The second-order valence-corrected chi connectivity index (χ2v) is 11.8. The molecule has 1 saturated carbocycles. The summed E-state index contributed by atoms with van der Waals surface area (Å²) in [5, 5.41) is 11.9. The van der Waals surface area contributed by atoms with Crippen LogP contribution in [0.2, 0.25) is 0 Å². The Morgan fingerprint density at radius 1 is 1.08 bits per heavy atom. The van der Waals surface area contributed by atoms with Crippen molar-refractivity contribution in [3.05, 3.63) is 74.6 Å². The monoisotopic (exact) mass is 582 g/mol. The largest absolute Gasteiger partial charge is 0.480 e. The fraction of sp³-hybridized carbons (Fsp3) is 0.393. The molecule has 1 saturated heterocycles. The number of thiazole rings is 1. The number of carboxylic acid groups (broad SMARTS) is 1. The molecule has 1 aliphatic heterocycles. The highest BCUT2D eigenvalue weighted by Crippen LogP contribution is 2.53. The first-order valence-corrected chi connectivity index (χ1v) is 14.2. The van der Waals surface area contributed by atoms with Crippen LogP contribution in [0.5, 0.6) is 0 Å². The van der Waals surface area contributed by atoms with Gasteiger partial charge in [-0.25, -0.2) is 14.6 Å². The SMILES string of the molecule is O=C(O)COC1(c2nc(Br)cs2)CN(C(=O)OCC2c3ccccc3-c3ccccc32)C2(CCCC2)C1. The Morgan fingerprint density at radius 3 is 2.32 bits per heavy atom. The van der Waals surface area contributed by atoms with Crippen molar-refractivity contribution in [1.82, 2.24) is 9.88 Å². The smallest absolute Gasteiger partial charge is 0.410 e. The molecule has 1 atom stereocenters. The number of carbonyl (C=O) groups is 2. The zero-order valence-electron chi connectivity index (χ0n) is 20.2. The number of fused-ring (bicyclic) bond motifs is 3. The van der Waals surface area contributed by atoms with Crippen LogP contribution in [0.3, 0.4) is 0 Å². The number of nitrogens with zero attached hydrogens (tertiary/aromatic N) is 2. The first-order chi connectivity index (χ1) is 17.9. The van der Waals surface area contributed by atoms with Gasteiger partial charge in [0.15, 0.2) is 0 Å². The first-order valence-electron chi connectivity index (χ1n) is 12.5. The van der Waals surface area contributed by atoms with Crippen LogP contribution in [0.1, 0.15) is 54.2 Å². The fourth-order valence-electron chi connectivity index (χ4n) is 6.48. The Bertz CT molecular complexity index is 1310. The summed E-state index contributed by atoms with van der Waals surface area (Å²) >= 11 is 4.83. The number of rotatable bonds is 6. The maximum Gasteiger partial charge on any atom is 0.410 e. The number of halogens is 1. The fourth-order valence-corrected chi connectivity index (χ4v) is 7.88. The summed E-state index contributed by atoms with van der Waals surface area (Å²) in [6, 6.07) is 16.5. The van der Waals surface area contributed by atoms with Crippen LogP contribution in [0.4, 0.5) is 4.79 Å². The van der Waals surface area contributed by atoms with Crippen LogP contribution in [0.15, 0.2) is 58.5 Å². The molecule has 2 heterocycles. The molecule has 2 fully saturated rings. The molecule has 1 aromatic heterocycles. The molecule has 0 radical (unpaired) electrons. The Balaban J connectivity index is 1.28. The zero-order chi connectivity index (χ0) is 25.6. The molecular weight excluding hydrogens is 556 g/mol. The van der Waals surface area contributed by atoms with E-state index in [9.17, 15) is 14.7 Å². The summed E-state index contributed by atoms with van der Waals surface area (Å²) in [5.41, 5.74) is 3.29. The molecule has 3 aromatic rings. The number of hydrogen-bond donors (Lipinski definition) is 1. The number of likely N-dealkylation sites (tertiary alicyclic amines) is 1. The van der Waals surface area contributed by atoms with Gasteiger partial charge in [-0.1, -0.05) is 61.4 Å². The van der Waals surface area contributed by atoms with Gasteiger partial charge < -0.3 is 14.6 Å². The van der Waals surface area contributed by atoms with Crippen LogP contribution in [-0.2, 0) is 19.9 Å². The van der Waals surface area contributed by atoms with Gasteiger partial charge in [0.25, 0.3) is 0 Å². The highest BCUT2D eigenvalue weighted by molar-refractivity contribution is 9.10. The number of aromatic nitrogens is 1. The summed E-state index contributed by atoms with van der Waals surface area (Å²) in [7, 11) is 0. The van der Waals surface area contributed by atoms with E-state index in [2.05, 4.69) is 45.2 Å². The van der Waals surface area contributed by atoms with E-state index in [4.69, 9.17) is 9.47 Å². The van der Waals surface area contributed by atoms with Crippen LogP contribution >= 0.6 is 27.3 Å². The molecule has 6 rings (SSSR count). The lowest BCUT2D eigenvalue weighted by Gasteiger charge is -2.34. The van der Waals surface area contributed by atoms with E-state index in [0.29, 0.717) is 16.0 Å². The third-order valence-corrected chi connectivity index (χ3v) is 9.77. The third-order valence-electron chi connectivity index (χ3n) is 8.03. The Hall–Kier alpha value is -2.75. The minimum absolute atomic E-state index is 0.0265. The van der Waals surface area contributed by atoms with Crippen molar-refractivity contribution in [2.75, 3.05) is 19.8 Å². The Morgan fingerprint density at radius 2 is 1.73 bits per heavy atom. The Labute approximate surface area is 227 Å². The molecule has 7 nitrogen and oxygen atoms in total. The van der Waals surface area contributed by atoms with Gasteiger partial charge in [-0.2, -0.15) is 0 Å². The lowest BCUT2D eigenvalue weighted by atomic mass is 9.88. The number of ether oxygens (including phenoxy) is 2. The number of hydrogen-bond acceptors (Lipinski definition) is 6. The lowest BCUT2D eigenvalue weighted by molar-refractivity contribution is -0.150. The minimum atomic E-state index is -1.05. The van der Waals surface area contributed by atoms with Gasteiger partial charge in [-0.05, 0) is 51.0 Å². The molecule has 3 aliphatic rings. The van der Waals surface area contributed by atoms with E-state index in [1.54, 1.807) is 0 Å². The predicted molar refractivity (Wildman–Crippen MR) is 143 cm³/mol. The predicted octanol–water partition coefficient (Wildman–Crippen LogP) is 6.17. The second-order valence-electron chi connectivity index (χ2n) is 10.2. The second kappa shape index (κ2) is 9.53. The summed E-state index contributed by atoms with van der Waals surface area (Å²) in [6.07, 6.45) is 3.81. The summed E-state index contributed by atoms with van der Waals surface area (Å²) in [4.78, 5) is 31.6. The molecule has 1 N–H and O–H groups in total.